The van der Waals surface area contributed by atoms with E-state index in [1.54, 1.807) is 0 Å². The van der Waals surface area contributed by atoms with Gasteiger partial charge in [0, 0.05) is 24.6 Å². The number of hydrogen-bond donors (Lipinski definition) is 1. The summed E-state index contributed by atoms with van der Waals surface area (Å²) in [5, 5.41) is 2.83. The van der Waals surface area contributed by atoms with Crippen molar-refractivity contribution in [1.82, 2.24) is 14.9 Å². The van der Waals surface area contributed by atoms with E-state index in [0.29, 0.717) is 11.3 Å². The molecule has 4 aromatic rings. The third-order valence-electron chi connectivity index (χ3n) is 5.61. The van der Waals surface area contributed by atoms with Crippen LogP contribution in [0.5, 0.6) is 0 Å². The molecule has 35 heavy (non-hydrogen) atoms. The number of halogens is 1. The fraction of sp³-hybridized carbons (Fsp3) is 0.143. The number of carbonyl (C=O) groups is 2. The lowest BCUT2D eigenvalue weighted by molar-refractivity contribution is -0.121. The summed E-state index contributed by atoms with van der Waals surface area (Å²) in [5.74, 6) is -1.26. The standard InChI is InChI=1S/C28H25FN4O2/c1-2-20-8-10-22(11-9-20)26(27(34)32-24-14-12-23(29)13-15-24)33(19-21-6-4-3-5-7-21)28(35)25-18-30-16-17-31-25/h3-18,26H,2,19H2,1H3,(H,32,34)/t26-/m1/s1. The normalized spacial score (nSPS) is 11.5. The summed E-state index contributed by atoms with van der Waals surface area (Å²) in [4.78, 5) is 37.0. The van der Waals surface area contributed by atoms with Crippen molar-refractivity contribution >= 4 is 17.5 Å². The molecular weight excluding hydrogens is 443 g/mol. The third kappa shape index (κ3) is 5.95. The molecule has 3 aromatic carbocycles. The summed E-state index contributed by atoms with van der Waals surface area (Å²) in [6, 6.07) is 21.6. The van der Waals surface area contributed by atoms with Gasteiger partial charge >= 0.3 is 0 Å². The van der Waals surface area contributed by atoms with Crippen molar-refractivity contribution in [3.8, 4) is 0 Å². The Morgan fingerprint density at radius 3 is 2.26 bits per heavy atom. The predicted octanol–water partition coefficient (Wildman–Crippen LogP) is 5.20. The number of hydrogen-bond acceptors (Lipinski definition) is 4. The zero-order valence-corrected chi connectivity index (χ0v) is 19.3. The molecule has 1 heterocycles. The molecule has 1 atom stereocenters. The molecule has 6 nitrogen and oxygen atoms in total. The van der Waals surface area contributed by atoms with Crippen LogP contribution >= 0.6 is 0 Å². The molecule has 0 saturated heterocycles. The van der Waals surface area contributed by atoms with Gasteiger partial charge in [-0.3, -0.25) is 14.6 Å². The van der Waals surface area contributed by atoms with Gasteiger partial charge in [-0.05, 0) is 47.4 Å². The molecular formula is C28H25FN4O2. The Morgan fingerprint density at radius 2 is 1.63 bits per heavy atom. The van der Waals surface area contributed by atoms with Gasteiger partial charge in [0.1, 0.15) is 17.6 Å². The molecule has 1 N–H and O–H groups in total. The van der Waals surface area contributed by atoms with E-state index in [0.717, 1.165) is 17.5 Å². The van der Waals surface area contributed by atoms with Crippen LogP contribution in [0.2, 0.25) is 0 Å². The number of nitrogens with zero attached hydrogens (tertiary/aromatic N) is 3. The number of benzene rings is 3. The maximum atomic E-state index is 13.7. The second-order valence-electron chi connectivity index (χ2n) is 8.00. The molecule has 2 amide bonds. The lowest BCUT2D eigenvalue weighted by atomic mass is 10.00. The van der Waals surface area contributed by atoms with E-state index in [4.69, 9.17) is 0 Å². The molecule has 176 valence electrons. The number of anilines is 1. The molecule has 0 spiro atoms. The fourth-order valence-electron chi connectivity index (χ4n) is 3.77. The monoisotopic (exact) mass is 468 g/mol. The number of nitrogens with one attached hydrogen (secondary N) is 1. The summed E-state index contributed by atoms with van der Waals surface area (Å²) >= 11 is 0. The van der Waals surface area contributed by atoms with Crippen LogP contribution in [0.25, 0.3) is 0 Å². The van der Waals surface area contributed by atoms with Gasteiger partial charge in [-0.15, -0.1) is 0 Å². The van der Waals surface area contributed by atoms with Crippen molar-refractivity contribution in [3.63, 3.8) is 0 Å². The summed E-state index contributed by atoms with van der Waals surface area (Å²) in [5.41, 5.74) is 3.18. The van der Waals surface area contributed by atoms with Crippen LogP contribution in [0.1, 0.15) is 40.1 Å². The van der Waals surface area contributed by atoms with E-state index in [-0.39, 0.29) is 12.2 Å². The molecule has 7 heteroatoms. The van der Waals surface area contributed by atoms with Crippen molar-refractivity contribution in [3.05, 3.63) is 126 Å². The lowest BCUT2D eigenvalue weighted by Gasteiger charge is -2.31. The van der Waals surface area contributed by atoms with Crippen LogP contribution in [-0.4, -0.2) is 26.7 Å². The van der Waals surface area contributed by atoms with E-state index >= 15 is 0 Å². The Balaban J connectivity index is 1.77. The van der Waals surface area contributed by atoms with Crippen molar-refractivity contribution < 1.29 is 14.0 Å². The van der Waals surface area contributed by atoms with E-state index in [1.165, 1.54) is 47.8 Å². The molecule has 1 aromatic heterocycles. The van der Waals surface area contributed by atoms with Crippen molar-refractivity contribution in [1.29, 1.82) is 0 Å². The Labute approximate surface area is 203 Å². The minimum atomic E-state index is -0.972. The number of amides is 2. The highest BCUT2D eigenvalue weighted by Crippen LogP contribution is 2.27. The Kier molecular flexibility index (Phi) is 7.57. The summed E-state index contributed by atoms with van der Waals surface area (Å²) in [6.07, 6.45) is 5.16. The van der Waals surface area contributed by atoms with Gasteiger partial charge in [-0.25, -0.2) is 9.37 Å². The van der Waals surface area contributed by atoms with Gasteiger partial charge in [0.25, 0.3) is 11.8 Å². The van der Waals surface area contributed by atoms with Gasteiger partial charge in [0.15, 0.2) is 0 Å². The topological polar surface area (TPSA) is 75.2 Å². The molecule has 0 aliphatic rings. The van der Waals surface area contributed by atoms with Gasteiger partial charge in [-0.1, -0.05) is 61.5 Å². The van der Waals surface area contributed by atoms with E-state index < -0.39 is 23.7 Å². The predicted molar refractivity (Wildman–Crippen MR) is 132 cm³/mol. The van der Waals surface area contributed by atoms with E-state index in [1.807, 2.05) is 61.5 Å². The second-order valence-corrected chi connectivity index (χ2v) is 8.00. The van der Waals surface area contributed by atoms with Crippen LogP contribution in [0.4, 0.5) is 10.1 Å². The van der Waals surface area contributed by atoms with Crippen LogP contribution in [0.15, 0.2) is 97.5 Å². The molecule has 0 bridgehead atoms. The number of rotatable bonds is 8. The third-order valence-corrected chi connectivity index (χ3v) is 5.61. The Hall–Kier alpha value is -4.39. The summed E-state index contributed by atoms with van der Waals surface area (Å²) in [6.45, 7) is 2.22. The molecule has 0 unspecified atom stereocenters. The maximum Gasteiger partial charge on any atom is 0.275 e. The van der Waals surface area contributed by atoms with Crippen molar-refractivity contribution in [2.24, 2.45) is 0 Å². The van der Waals surface area contributed by atoms with Crippen LogP contribution < -0.4 is 5.32 Å². The first-order valence-electron chi connectivity index (χ1n) is 11.3. The SMILES string of the molecule is CCc1ccc([C@H](C(=O)Nc2ccc(F)cc2)N(Cc2ccccc2)C(=O)c2cnccn2)cc1. The summed E-state index contributed by atoms with van der Waals surface area (Å²) in [7, 11) is 0. The smallest absolute Gasteiger partial charge is 0.275 e. The van der Waals surface area contributed by atoms with Gasteiger partial charge < -0.3 is 10.2 Å². The maximum absolute atomic E-state index is 13.7. The first-order chi connectivity index (χ1) is 17.0. The molecule has 4 rings (SSSR count). The van der Waals surface area contributed by atoms with E-state index in [2.05, 4.69) is 15.3 Å². The Morgan fingerprint density at radius 1 is 0.914 bits per heavy atom. The quantitative estimate of drug-likeness (QED) is 0.386. The highest BCUT2D eigenvalue weighted by Gasteiger charge is 2.33. The van der Waals surface area contributed by atoms with E-state index in [9.17, 15) is 14.0 Å². The fourth-order valence-corrected chi connectivity index (χ4v) is 3.77. The van der Waals surface area contributed by atoms with Crippen LogP contribution in [0.3, 0.4) is 0 Å². The molecule has 0 aliphatic heterocycles. The Bertz CT molecular complexity index is 1260. The van der Waals surface area contributed by atoms with Crippen LogP contribution in [-0.2, 0) is 17.8 Å². The van der Waals surface area contributed by atoms with Gasteiger partial charge in [0.2, 0.25) is 0 Å². The first kappa shape index (κ1) is 23.8. The van der Waals surface area contributed by atoms with Crippen LogP contribution in [0, 0.1) is 5.82 Å². The number of carbonyl (C=O) groups excluding carboxylic acids is 2. The minimum Gasteiger partial charge on any atom is -0.324 e. The number of aromatic nitrogens is 2. The second kappa shape index (κ2) is 11.2. The van der Waals surface area contributed by atoms with Gasteiger partial charge in [0.05, 0.1) is 6.20 Å². The number of aryl methyl sites for hydroxylation is 1. The van der Waals surface area contributed by atoms with Crippen molar-refractivity contribution in [2.75, 3.05) is 5.32 Å². The molecule has 0 aliphatic carbocycles. The minimum absolute atomic E-state index is 0.133. The average molecular weight is 469 g/mol. The average Bonchev–Trinajstić information content (AvgIpc) is 2.90. The molecule has 0 saturated carbocycles. The largest absolute Gasteiger partial charge is 0.324 e. The molecule has 0 radical (unpaired) electrons. The highest BCUT2D eigenvalue weighted by atomic mass is 19.1. The highest BCUT2D eigenvalue weighted by molar-refractivity contribution is 6.00. The zero-order valence-electron chi connectivity index (χ0n) is 19.3. The zero-order chi connectivity index (χ0) is 24.6. The van der Waals surface area contributed by atoms with Crippen molar-refractivity contribution in [2.45, 2.75) is 25.9 Å². The first-order valence-corrected chi connectivity index (χ1v) is 11.3. The van der Waals surface area contributed by atoms with Gasteiger partial charge in [-0.2, -0.15) is 0 Å². The lowest BCUT2D eigenvalue weighted by Crippen LogP contribution is -2.41. The molecule has 0 fully saturated rings. The summed E-state index contributed by atoms with van der Waals surface area (Å²) < 4.78 is 13.4.